The number of benzene rings is 2. The number of halogens is 1. The van der Waals surface area contributed by atoms with E-state index in [1.54, 1.807) is 19.1 Å². The van der Waals surface area contributed by atoms with Gasteiger partial charge >= 0.3 is 0 Å². The van der Waals surface area contributed by atoms with Crippen LogP contribution in [0.5, 0.6) is 5.75 Å². The van der Waals surface area contributed by atoms with Crippen molar-refractivity contribution in [2.45, 2.75) is 34.3 Å². The van der Waals surface area contributed by atoms with Gasteiger partial charge in [-0.1, -0.05) is 40.5 Å². The van der Waals surface area contributed by atoms with E-state index in [4.69, 9.17) is 20.9 Å². The first-order valence-corrected chi connectivity index (χ1v) is 8.95. The van der Waals surface area contributed by atoms with Crippen LogP contribution in [0.25, 0.3) is 0 Å². The van der Waals surface area contributed by atoms with Crippen molar-refractivity contribution in [3.05, 3.63) is 75.1 Å². The average molecular weight is 385 g/mol. The summed E-state index contributed by atoms with van der Waals surface area (Å²) in [5, 5.41) is 7.28. The van der Waals surface area contributed by atoms with E-state index in [-0.39, 0.29) is 18.2 Å². The van der Waals surface area contributed by atoms with Gasteiger partial charge in [0.1, 0.15) is 18.1 Å². The molecule has 0 spiro atoms. The minimum Gasteiger partial charge on any atom is -0.488 e. The molecule has 0 bridgehead atoms. The lowest BCUT2D eigenvalue weighted by Gasteiger charge is -2.10. The Hall–Kier alpha value is -2.79. The molecule has 0 fully saturated rings. The molecule has 2 aromatic carbocycles. The van der Waals surface area contributed by atoms with E-state index in [0.29, 0.717) is 22.0 Å². The third-order valence-electron chi connectivity index (χ3n) is 4.33. The Kier molecular flexibility index (Phi) is 5.51. The number of ether oxygens (including phenoxy) is 1. The molecular formula is C21H21ClN2O3. The number of anilines is 1. The molecule has 0 aliphatic heterocycles. The number of nitrogens with zero attached hydrogens (tertiary/aromatic N) is 1. The van der Waals surface area contributed by atoms with Gasteiger partial charge in [-0.25, -0.2) is 0 Å². The van der Waals surface area contributed by atoms with E-state index >= 15 is 0 Å². The van der Waals surface area contributed by atoms with Crippen molar-refractivity contribution in [2.24, 2.45) is 0 Å². The predicted octanol–water partition coefficient (Wildman–Crippen LogP) is 5.39. The highest BCUT2D eigenvalue weighted by Crippen LogP contribution is 2.24. The van der Waals surface area contributed by atoms with Gasteiger partial charge in [0.05, 0.1) is 5.56 Å². The zero-order valence-corrected chi connectivity index (χ0v) is 16.5. The highest BCUT2D eigenvalue weighted by Gasteiger charge is 2.21. The van der Waals surface area contributed by atoms with Crippen molar-refractivity contribution in [3.63, 3.8) is 0 Å². The summed E-state index contributed by atoms with van der Waals surface area (Å²) >= 11 is 6.12. The lowest BCUT2D eigenvalue weighted by atomic mass is 10.1. The topological polar surface area (TPSA) is 64.4 Å². The summed E-state index contributed by atoms with van der Waals surface area (Å²) in [4.78, 5) is 12.6. The molecule has 3 rings (SSSR count). The largest absolute Gasteiger partial charge is 0.488 e. The summed E-state index contributed by atoms with van der Waals surface area (Å²) in [5.74, 6) is 0.940. The Labute approximate surface area is 163 Å². The quantitative estimate of drug-likeness (QED) is 0.640. The minimum absolute atomic E-state index is 0.191. The van der Waals surface area contributed by atoms with Crippen molar-refractivity contribution in [1.82, 2.24) is 5.16 Å². The van der Waals surface area contributed by atoms with Gasteiger partial charge in [0.25, 0.3) is 5.91 Å². The Morgan fingerprint density at radius 2 is 1.89 bits per heavy atom. The molecule has 0 atom stereocenters. The molecule has 0 saturated heterocycles. The summed E-state index contributed by atoms with van der Waals surface area (Å²) in [6.07, 6.45) is 0. The van der Waals surface area contributed by atoms with Crippen LogP contribution in [-0.2, 0) is 6.61 Å². The van der Waals surface area contributed by atoms with Crippen LogP contribution in [0.3, 0.4) is 0 Å². The summed E-state index contributed by atoms with van der Waals surface area (Å²) in [5.41, 5.74) is 4.55. The summed E-state index contributed by atoms with van der Waals surface area (Å²) in [7, 11) is 0. The van der Waals surface area contributed by atoms with E-state index in [0.717, 1.165) is 22.4 Å². The lowest BCUT2D eigenvalue weighted by molar-refractivity contribution is 0.101. The second kappa shape index (κ2) is 7.84. The van der Waals surface area contributed by atoms with E-state index in [9.17, 15) is 4.79 Å². The number of hydrogen-bond donors (Lipinski definition) is 1. The van der Waals surface area contributed by atoms with E-state index < -0.39 is 0 Å². The van der Waals surface area contributed by atoms with Crippen LogP contribution in [0.4, 0.5) is 5.69 Å². The number of rotatable bonds is 5. The lowest BCUT2D eigenvalue weighted by Crippen LogP contribution is -2.15. The normalized spacial score (nSPS) is 10.7. The van der Waals surface area contributed by atoms with Crippen LogP contribution in [0, 0.1) is 27.7 Å². The second-order valence-corrected chi connectivity index (χ2v) is 6.95. The van der Waals surface area contributed by atoms with Crippen LogP contribution in [0.2, 0.25) is 5.02 Å². The van der Waals surface area contributed by atoms with Gasteiger partial charge in [0.2, 0.25) is 0 Å². The van der Waals surface area contributed by atoms with Crippen molar-refractivity contribution < 1.29 is 14.1 Å². The van der Waals surface area contributed by atoms with Gasteiger partial charge in [-0.2, -0.15) is 0 Å². The van der Waals surface area contributed by atoms with E-state index in [2.05, 4.69) is 10.5 Å². The predicted molar refractivity (Wildman–Crippen MR) is 106 cm³/mol. The zero-order valence-electron chi connectivity index (χ0n) is 15.7. The van der Waals surface area contributed by atoms with Crippen molar-refractivity contribution in [2.75, 3.05) is 5.32 Å². The smallest absolute Gasteiger partial charge is 0.278 e. The first-order valence-electron chi connectivity index (χ1n) is 8.58. The molecule has 3 aromatic rings. The van der Waals surface area contributed by atoms with Crippen molar-refractivity contribution in [1.29, 1.82) is 0 Å². The molecule has 5 nitrogen and oxygen atoms in total. The average Bonchev–Trinajstić information content (AvgIpc) is 2.98. The molecule has 0 saturated carbocycles. The number of hydrogen-bond acceptors (Lipinski definition) is 4. The zero-order chi connectivity index (χ0) is 19.6. The van der Waals surface area contributed by atoms with Crippen molar-refractivity contribution in [3.8, 4) is 5.75 Å². The molecule has 0 aliphatic carbocycles. The van der Waals surface area contributed by atoms with Crippen LogP contribution in [0.1, 0.15) is 38.5 Å². The molecule has 0 radical (unpaired) electrons. The van der Waals surface area contributed by atoms with Gasteiger partial charge in [-0.3, -0.25) is 4.79 Å². The maximum atomic E-state index is 12.6. The Bertz CT molecular complexity index is 995. The number of aryl methyl sites for hydroxylation is 4. The second-order valence-electron chi connectivity index (χ2n) is 6.54. The highest BCUT2D eigenvalue weighted by molar-refractivity contribution is 6.31. The van der Waals surface area contributed by atoms with Crippen LogP contribution < -0.4 is 10.1 Å². The van der Waals surface area contributed by atoms with Crippen LogP contribution in [-0.4, -0.2) is 11.1 Å². The molecule has 0 aliphatic rings. The number of aromatic nitrogens is 1. The SMILES string of the molecule is Cc1ccc(OCc2c(C(=O)Nc3ccc(C)c(Cl)c3)noc2C)c(C)c1. The maximum absolute atomic E-state index is 12.6. The Balaban J connectivity index is 1.77. The molecule has 1 amide bonds. The molecule has 1 aromatic heterocycles. The number of carbonyl (C=O) groups excluding carboxylic acids is 1. The number of carbonyl (C=O) groups is 1. The van der Waals surface area contributed by atoms with Gasteiger partial charge in [-0.15, -0.1) is 0 Å². The van der Waals surface area contributed by atoms with Gasteiger partial charge < -0.3 is 14.6 Å². The molecule has 27 heavy (non-hydrogen) atoms. The summed E-state index contributed by atoms with van der Waals surface area (Å²) in [6.45, 7) is 7.86. The molecule has 0 unspecified atom stereocenters. The fourth-order valence-electron chi connectivity index (χ4n) is 2.71. The first kappa shape index (κ1) is 19.0. The highest BCUT2D eigenvalue weighted by atomic mass is 35.5. The van der Waals surface area contributed by atoms with E-state index in [1.807, 2.05) is 45.0 Å². The fourth-order valence-corrected chi connectivity index (χ4v) is 2.89. The monoisotopic (exact) mass is 384 g/mol. The molecule has 6 heteroatoms. The van der Waals surface area contributed by atoms with Gasteiger partial charge in [0, 0.05) is 10.7 Å². The molecule has 1 N–H and O–H groups in total. The Morgan fingerprint density at radius 1 is 1.11 bits per heavy atom. The number of amides is 1. The van der Waals surface area contributed by atoms with Gasteiger partial charge in [0.15, 0.2) is 5.69 Å². The minimum atomic E-state index is -0.369. The van der Waals surface area contributed by atoms with Crippen LogP contribution in [0.15, 0.2) is 40.9 Å². The fraction of sp³-hybridized carbons (Fsp3) is 0.238. The third-order valence-corrected chi connectivity index (χ3v) is 4.74. The Morgan fingerprint density at radius 3 is 2.59 bits per heavy atom. The number of nitrogens with one attached hydrogen (secondary N) is 1. The molecule has 1 heterocycles. The molecule has 140 valence electrons. The standard InChI is InChI=1S/C21H21ClN2O3/c1-12-5-8-19(14(3)9-12)26-11-17-15(4)27-24-20(17)21(25)23-16-7-6-13(2)18(22)10-16/h5-10H,11H2,1-4H3,(H,23,25). The first-order chi connectivity index (χ1) is 12.8. The third kappa shape index (κ3) is 4.31. The maximum Gasteiger partial charge on any atom is 0.278 e. The van der Waals surface area contributed by atoms with Gasteiger partial charge in [-0.05, 0) is 57.0 Å². The van der Waals surface area contributed by atoms with E-state index in [1.165, 1.54) is 0 Å². The summed E-state index contributed by atoms with van der Waals surface area (Å²) < 4.78 is 11.1. The summed E-state index contributed by atoms with van der Waals surface area (Å²) in [6, 6.07) is 11.3. The van der Waals surface area contributed by atoms with Crippen LogP contribution >= 0.6 is 11.6 Å². The molecular weight excluding hydrogens is 364 g/mol. The van der Waals surface area contributed by atoms with Crippen molar-refractivity contribution >= 4 is 23.2 Å².